The van der Waals surface area contributed by atoms with Crippen molar-refractivity contribution >= 4 is 23.0 Å². The molecule has 0 amide bonds. The molecule has 100 valence electrons. The maximum absolute atomic E-state index is 6.08. The van der Waals surface area contributed by atoms with Crippen LogP contribution in [0.1, 0.15) is 40.0 Å². The van der Waals surface area contributed by atoms with Crippen LogP contribution in [-0.2, 0) is 0 Å². The summed E-state index contributed by atoms with van der Waals surface area (Å²) in [6, 6.07) is 2.48. The Kier molecular flexibility index (Phi) is 3.71. The van der Waals surface area contributed by atoms with Crippen LogP contribution in [0, 0.1) is 5.41 Å². The van der Waals surface area contributed by atoms with Crippen molar-refractivity contribution < 1.29 is 0 Å². The van der Waals surface area contributed by atoms with Crippen LogP contribution in [0.4, 0.5) is 11.4 Å². The molecule has 18 heavy (non-hydrogen) atoms. The van der Waals surface area contributed by atoms with Gasteiger partial charge in [0.15, 0.2) is 5.15 Å². The molecule has 0 spiro atoms. The van der Waals surface area contributed by atoms with Gasteiger partial charge in [0.25, 0.3) is 0 Å². The first-order chi connectivity index (χ1) is 8.41. The molecular formula is C14H22ClN3. The van der Waals surface area contributed by atoms with Gasteiger partial charge in [-0.2, -0.15) is 0 Å². The van der Waals surface area contributed by atoms with Gasteiger partial charge in [-0.3, -0.25) is 0 Å². The summed E-state index contributed by atoms with van der Waals surface area (Å²) < 4.78 is 0. The summed E-state index contributed by atoms with van der Waals surface area (Å²) in [6.45, 7) is 7.91. The number of piperidine rings is 1. The average Bonchev–Trinajstić information content (AvgIpc) is 2.32. The molecule has 0 radical (unpaired) electrons. The van der Waals surface area contributed by atoms with Gasteiger partial charge in [-0.15, -0.1) is 0 Å². The number of rotatable bonds is 1. The Balaban J connectivity index is 2.37. The van der Waals surface area contributed by atoms with E-state index in [0.29, 0.717) is 16.9 Å². The number of nitrogen functional groups attached to an aromatic ring is 1. The van der Waals surface area contributed by atoms with Crippen molar-refractivity contribution in [1.82, 2.24) is 4.98 Å². The molecule has 1 unspecified atom stereocenters. The van der Waals surface area contributed by atoms with Gasteiger partial charge in [0.2, 0.25) is 0 Å². The van der Waals surface area contributed by atoms with Crippen LogP contribution >= 0.6 is 11.6 Å². The van der Waals surface area contributed by atoms with Crippen molar-refractivity contribution in [3.63, 3.8) is 0 Å². The lowest BCUT2D eigenvalue weighted by atomic mass is 9.80. The number of nitrogens with two attached hydrogens (primary N) is 1. The third kappa shape index (κ3) is 2.56. The van der Waals surface area contributed by atoms with Gasteiger partial charge in [-0.1, -0.05) is 32.4 Å². The number of nitrogens with zero attached hydrogens (tertiary/aromatic N) is 2. The fraction of sp³-hybridized carbons (Fsp3) is 0.643. The fourth-order valence-corrected chi connectivity index (χ4v) is 2.96. The Morgan fingerprint density at radius 3 is 2.78 bits per heavy atom. The monoisotopic (exact) mass is 267 g/mol. The summed E-state index contributed by atoms with van der Waals surface area (Å²) in [6.07, 6.45) is 5.45. The largest absolute Gasteiger partial charge is 0.395 e. The number of pyridine rings is 1. The smallest absolute Gasteiger partial charge is 0.154 e. The highest BCUT2D eigenvalue weighted by molar-refractivity contribution is 6.32. The van der Waals surface area contributed by atoms with E-state index in [1.165, 1.54) is 19.3 Å². The SMILES string of the molecule is CC(C)(C)C1CCCCN1c1ccnc(Cl)c1N. The van der Waals surface area contributed by atoms with E-state index in [4.69, 9.17) is 17.3 Å². The molecule has 2 heterocycles. The molecule has 0 bridgehead atoms. The van der Waals surface area contributed by atoms with Crippen molar-refractivity contribution in [3.8, 4) is 0 Å². The van der Waals surface area contributed by atoms with E-state index in [-0.39, 0.29) is 5.41 Å². The molecule has 2 N–H and O–H groups in total. The van der Waals surface area contributed by atoms with Crippen LogP contribution in [-0.4, -0.2) is 17.6 Å². The maximum Gasteiger partial charge on any atom is 0.154 e. The molecular weight excluding hydrogens is 246 g/mol. The first kappa shape index (κ1) is 13.5. The lowest BCUT2D eigenvalue weighted by molar-refractivity contribution is 0.262. The molecule has 1 atom stereocenters. The van der Waals surface area contributed by atoms with E-state index in [9.17, 15) is 0 Å². The first-order valence-electron chi connectivity index (χ1n) is 6.58. The van der Waals surface area contributed by atoms with Gasteiger partial charge in [-0.25, -0.2) is 4.98 Å². The zero-order valence-electron chi connectivity index (χ0n) is 11.4. The van der Waals surface area contributed by atoms with E-state index < -0.39 is 0 Å². The Morgan fingerprint density at radius 2 is 2.11 bits per heavy atom. The van der Waals surface area contributed by atoms with E-state index in [2.05, 4.69) is 30.7 Å². The predicted octanol–water partition coefficient (Wildman–Crippen LogP) is 3.72. The second-order valence-electron chi connectivity index (χ2n) is 6.11. The predicted molar refractivity (Wildman–Crippen MR) is 78.1 cm³/mol. The molecule has 1 saturated heterocycles. The van der Waals surface area contributed by atoms with Gasteiger partial charge in [0.05, 0.1) is 11.4 Å². The van der Waals surface area contributed by atoms with Crippen molar-refractivity contribution in [1.29, 1.82) is 0 Å². The van der Waals surface area contributed by atoms with Gasteiger partial charge in [0.1, 0.15) is 0 Å². The highest BCUT2D eigenvalue weighted by Crippen LogP contribution is 2.38. The molecule has 0 saturated carbocycles. The fourth-order valence-electron chi connectivity index (χ4n) is 2.81. The van der Waals surface area contributed by atoms with E-state index in [1.807, 2.05) is 6.07 Å². The van der Waals surface area contributed by atoms with Crippen LogP contribution in [0.5, 0.6) is 0 Å². The number of anilines is 2. The molecule has 1 fully saturated rings. The third-order valence-corrected chi connectivity index (χ3v) is 4.03. The van der Waals surface area contributed by atoms with E-state index in [1.54, 1.807) is 6.20 Å². The Labute approximate surface area is 114 Å². The Morgan fingerprint density at radius 1 is 1.39 bits per heavy atom. The molecule has 0 aromatic carbocycles. The minimum absolute atomic E-state index is 0.239. The molecule has 3 nitrogen and oxygen atoms in total. The van der Waals surface area contributed by atoms with Crippen molar-refractivity contribution in [3.05, 3.63) is 17.4 Å². The van der Waals surface area contributed by atoms with Gasteiger partial charge >= 0.3 is 0 Å². The summed E-state index contributed by atoms with van der Waals surface area (Å²) in [4.78, 5) is 6.44. The second-order valence-corrected chi connectivity index (χ2v) is 6.46. The number of halogens is 1. The molecule has 2 rings (SSSR count). The lowest BCUT2D eigenvalue weighted by Crippen LogP contribution is -2.47. The van der Waals surface area contributed by atoms with Gasteiger partial charge in [-0.05, 0) is 30.7 Å². The summed E-state index contributed by atoms with van der Waals surface area (Å²) in [7, 11) is 0. The summed E-state index contributed by atoms with van der Waals surface area (Å²) in [5.74, 6) is 0. The van der Waals surface area contributed by atoms with Crippen molar-refractivity contribution in [2.24, 2.45) is 5.41 Å². The molecule has 4 heteroatoms. The molecule has 1 aromatic rings. The first-order valence-corrected chi connectivity index (χ1v) is 6.95. The minimum Gasteiger partial charge on any atom is -0.395 e. The lowest BCUT2D eigenvalue weighted by Gasteiger charge is -2.45. The molecule has 0 aliphatic carbocycles. The molecule has 1 aromatic heterocycles. The third-order valence-electron chi connectivity index (χ3n) is 3.73. The number of aromatic nitrogens is 1. The molecule has 1 aliphatic rings. The summed E-state index contributed by atoms with van der Waals surface area (Å²) >= 11 is 6.03. The van der Waals surface area contributed by atoms with E-state index in [0.717, 1.165) is 12.2 Å². The van der Waals surface area contributed by atoms with Crippen LogP contribution < -0.4 is 10.6 Å². The summed E-state index contributed by atoms with van der Waals surface area (Å²) in [5, 5.41) is 0.408. The van der Waals surface area contributed by atoms with Gasteiger partial charge < -0.3 is 10.6 Å². The van der Waals surface area contributed by atoms with Crippen LogP contribution in [0.15, 0.2) is 12.3 Å². The average molecular weight is 268 g/mol. The molecule has 1 aliphatic heterocycles. The highest BCUT2D eigenvalue weighted by Gasteiger charge is 2.33. The zero-order chi connectivity index (χ0) is 13.3. The maximum atomic E-state index is 6.08. The number of hydrogen-bond acceptors (Lipinski definition) is 3. The van der Waals surface area contributed by atoms with E-state index >= 15 is 0 Å². The van der Waals surface area contributed by atoms with Crippen LogP contribution in [0.2, 0.25) is 5.15 Å². The quantitative estimate of drug-likeness (QED) is 0.789. The normalized spacial score (nSPS) is 21.1. The summed E-state index contributed by atoms with van der Waals surface area (Å²) in [5.41, 5.74) is 7.96. The Hall–Kier alpha value is -0.960. The Bertz CT molecular complexity index is 426. The highest BCUT2D eigenvalue weighted by atomic mass is 35.5. The minimum atomic E-state index is 0.239. The second kappa shape index (κ2) is 4.96. The van der Waals surface area contributed by atoms with Crippen molar-refractivity contribution in [2.45, 2.75) is 46.1 Å². The van der Waals surface area contributed by atoms with Crippen molar-refractivity contribution in [2.75, 3.05) is 17.2 Å². The standard InChI is InChI=1S/C14H22ClN3/c1-14(2,3)11-6-4-5-9-18(11)10-7-8-17-13(15)12(10)16/h7-8,11H,4-6,9,16H2,1-3H3. The van der Waals surface area contributed by atoms with Crippen LogP contribution in [0.3, 0.4) is 0 Å². The zero-order valence-corrected chi connectivity index (χ0v) is 12.2. The number of hydrogen-bond donors (Lipinski definition) is 1. The van der Waals surface area contributed by atoms with Gasteiger partial charge in [0, 0.05) is 18.8 Å². The van der Waals surface area contributed by atoms with Crippen LogP contribution in [0.25, 0.3) is 0 Å². The topological polar surface area (TPSA) is 42.2 Å².